The van der Waals surface area contributed by atoms with Crippen LogP contribution in [0, 0.1) is 0 Å². The van der Waals surface area contributed by atoms with Gasteiger partial charge in [-0.25, -0.2) is 0 Å². The number of rotatable bonds is 1. The Bertz CT molecular complexity index is 1060. The van der Waals surface area contributed by atoms with E-state index in [1.54, 1.807) is 6.07 Å². The number of aromatic hydroxyl groups is 1. The fourth-order valence-electron chi connectivity index (χ4n) is 3.06. The zero-order valence-corrected chi connectivity index (χ0v) is 12.1. The van der Waals surface area contributed by atoms with Gasteiger partial charge in [0, 0.05) is 11.1 Å². The zero-order valence-electron chi connectivity index (χ0n) is 12.1. The molecule has 0 unspecified atom stereocenters. The molecule has 0 spiro atoms. The summed E-state index contributed by atoms with van der Waals surface area (Å²) in [4.78, 5) is 23.8. The Balaban J connectivity index is 2.11. The van der Waals surface area contributed by atoms with E-state index in [1.165, 1.54) is 18.2 Å². The maximum absolute atomic E-state index is 12.2. The molecule has 0 amide bonds. The molecule has 1 aliphatic carbocycles. The topological polar surface area (TPSA) is 54.4 Å². The normalized spacial score (nSPS) is 14.5. The molecule has 3 heteroatoms. The number of hydrogen-bond acceptors (Lipinski definition) is 3. The molecule has 0 saturated heterocycles. The van der Waals surface area contributed by atoms with Crippen LogP contribution in [-0.2, 0) is 9.59 Å². The van der Waals surface area contributed by atoms with Gasteiger partial charge in [-0.15, -0.1) is 0 Å². The Morgan fingerprint density at radius 3 is 2.39 bits per heavy atom. The molecule has 0 atom stereocenters. The van der Waals surface area contributed by atoms with Gasteiger partial charge in [0.2, 0.25) is 0 Å². The lowest BCUT2D eigenvalue weighted by Crippen LogP contribution is -2.07. The summed E-state index contributed by atoms with van der Waals surface area (Å²) in [5.41, 5.74) is 0.645. The number of ketones is 2. The van der Waals surface area contributed by atoms with Crippen LogP contribution in [0.4, 0.5) is 0 Å². The van der Waals surface area contributed by atoms with Crippen LogP contribution in [0.2, 0.25) is 0 Å². The van der Waals surface area contributed by atoms with Crippen LogP contribution in [0.1, 0.15) is 5.56 Å². The first-order chi connectivity index (χ1) is 11.1. The summed E-state index contributed by atoms with van der Waals surface area (Å²) in [5, 5.41) is 14.1. The minimum Gasteiger partial charge on any atom is -0.507 e. The van der Waals surface area contributed by atoms with E-state index in [1.807, 2.05) is 42.5 Å². The van der Waals surface area contributed by atoms with Crippen LogP contribution in [-0.4, -0.2) is 16.7 Å². The third-order valence-electron chi connectivity index (χ3n) is 4.12. The molecule has 3 aromatic carbocycles. The monoisotopic (exact) mass is 300 g/mol. The lowest BCUT2D eigenvalue weighted by Gasteiger charge is -2.14. The quantitative estimate of drug-likeness (QED) is 0.549. The maximum Gasteiger partial charge on any atom is 0.186 e. The highest BCUT2D eigenvalue weighted by Gasteiger charge is 2.21. The fraction of sp³-hybridized carbons (Fsp3) is 0. The molecule has 0 saturated carbocycles. The van der Waals surface area contributed by atoms with Gasteiger partial charge >= 0.3 is 0 Å². The summed E-state index contributed by atoms with van der Waals surface area (Å²) in [5.74, 6) is -0.534. The smallest absolute Gasteiger partial charge is 0.186 e. The summed E-state index contributed by atoms with van der Waals surface area (Å²) in [6, 6.07) is 15.2. The van der Waals surface area contributed by atoms with Gasteiger partial charge in [0.05, 0.1) is 0 Å². The lowest BCUT2D eigenvalue weighted by molar-refractivity contribution is -0.113. The number of allylic oxidation sites excluding steroid dienone is 4. The Morgan fingerprint density at radius 1 is 0.739 bits per heavy atom. The van der Waals surface area contributed by atoms with Crippen molar-refractivity contribution in [2.24, 2.45) is 0 Å². The van der Waals surface area contributed by atoms with E-state index < -0.39 is 0 Å². The molecule has 0 fully saturated rings. The van der Waals surface area contributed by atoms with Crippen molar-refractivity contribution in [2.45, 2.75) is 0 Å². The number of fused-ring (bicyclic) bond motifs is 3. The molecular weight excluding hydrogens is 288 g/mol. The van der Waals surface area contributed by atoms with E-state index in [4.69, 9.17) is 0 Å². The Kier molecular flexibility index (Phi) is 2.88. The van der Waals surface area contributed by atoms with Gasteiger partial charge in [0.1, 0.15) is 5.75 Å². The van der Waals surface area contributed by atoms with Crippen LogP contribution >= 0.6 is 0 Å². The largest absolute Gasteiger partial charge is 0.507 e. The molecular formula is C20H12O3. The average Bonchev–Trinajstić information content (AvgIpc) is 2.57. The number of hydrogen-bond donors (Lipinski definition) is 1. The van der Waals surface area contributed by atoms with Crippen LogP contribution in [0.5, 0.6) is 5.75 Å². The van der Waals surface area contributed by atoms with Crippen LogP contribution in [0.3, 0.4) is 0 Å². The first kappa shape index (κ1) is 13.5. The highest BCUT2D eigenvalue weighted by molar-refractivity contribution is 6.36. The van der Waals surface area contributed by atoms with Crippen molar-refractivity contribution in [1.29, 1.82) is 0 Å². The van der Waals surface area contributed by atoms with Gasteiger partial charge in [0.25, 0.3) is 0 Å². The Morgan fingerprint density at radius 2 is 1.52 bits per heavy atom. The average molecular weight is 300 g/mol. The molecule has 3 aromatic rings. The molecule has 0 aliphatic heterocycles. The molecule has 4 rings (SSSR count). The SMILES string of the molecule is O=C1C=CC(=O)C(c2c(O)ccc3c2ccc2ccccc23)=C1. The number of phenolic OH excluding ortho intramolecular Hbond substituents is 1. The number of carbonyl (C=O) groups excluding carboxylic acids is 2. The van der Waals surface area contributed by atoms with Gasteiger partial charge in [-0.2, -0.15) is 0 Å². The minimum absolute atomic E-state index is 0.00418. The van der Waals surface area contributed by atoms with Crippen molar-refractivity contribution < 1.29 is 14.7 Å². The van der Waals surface area contributed by atoms with Gasteiger partial charge in [-0.3, -0.25) is 9.59 Å². The predicted molar refractivity (Wildman–Crippen MR) is 90.2 cm³/mol. The van der Waals surface area contributed by atoms with Gasteiger partial charge in [-0.05, 0) is 45.8 Å². The Labute approximate surface area is 132 Å². The molecule has 0 aromatic heterocycles. The van der Waals surface area contributed by atoms with Crippen molar-refractivity contribution >= 4 is 38.7 Å². The second kappa shape index (κ2) is 4.92. The van der Waals surface area contributed by atoms with E-state index in [-0.39, 0.29) is 22.9 Å². The highest BCUT2D eigenvalue weighted by atomic mass is 16.3. The van der Waals surface area contributed by atoms with E-state index in [9.17, 15) is 14.7 Å². The molecule has 23 heavy (non-hydrogen) atoms. The fourth-order valence-corrected chi connectivity index (χ4v) is 3.06. The Hall–Kier alpha value is -3.20. The van der Waals surface area contributed by atoms with E-state index in [0.717, 1.165) is 21.5 Å². The summed E-state index contributed by atoms with van der Waals surface area (Å²) in [6.07, 6.45) is 3.77. The van der Waals surface area contributed by atoms with Gasteiger partial charge in [-0.1, -0.05) is 42.5 Å². The number of carbonyl (C=O) groups is 2. The first-order valence-electron chi connectivity index (χ1n) is 7.27. The maximum atomic E-state index is 12.2. The number of benzene rings is 3. The zero-order chi connectivity index (χ0) is 16.0. The predicted octanol–water partition coefficient (Wildman–Crippen LogP) is 3.79. The standard InChI is InChI=1S/C20H12O3/c21-13-6-9-18(22)17(11-13)20-16-7-5-12-3-1-2-4-14(12)15(16)8-10-19(20)23/h1-11,23H. The second-order valence-electron chi connectivity index (χ2n) is 5.50. The van der Waals surface area contributed by atoms with E-state index >= 15 is 0 Å². The molecule has 0 radical (unpaired) electrons. The van der Waals surface area contributed by atoms with E-state index in [0.29, 0.717) is 5.56 Å². The second-order valence-corrected chi connectivity index (χ2v) is 5.50. The van der Waals surface area contributed by atoms with Crippen molar-refractivity contribution in [3.05, 3.63) is 72.3 Å². The molecule has 3 nitrogen and oxygen atoms in total. The van der Waals surface area contributed by atoms with Crippen molar-refractivity contribution in [1.82, 2.24) is 0 Å². The number of phenols is 1. The summed E-state index contributed by atoms with van der Waals surface area (Å²) >= 11 is 0. The van der Waals surface area contributed by atoms with Crippen molar-refractivity contribution in [2.75, 3.05) is 0 Å². The molecule has 0 heterocycles. The van der Waals surface area contributed by atoms with Crippen LogP contribution < -0.4 is 0 Å². The molecule has 1 N–H and O–H groups in total. The first-order valence-corrected chi connectivity index (χ1v) is 7.27. The van der Waals surface area contributed by atoms with Gasteiger partial charge in [0.15, 0.2) is 11.6 Å². The third kappa shape index (κ3) is 2.06. The summed E-state index contributed by atoms with van der Waals surface area (Å²) in [6.45, 7) is 0. The molecule has 0 bridgehead atoms. The highest BCUT2D eigenvalue weighted by Crippen LogP contribution is 2.37. The van der Waals surface area contributed by atoms with Crippen molar-refractivity contribution in [3.8, 4) is 5.75 Å². The van der Waals surface area contributed by atoms with Gasteiger partial charge < -0.3 is 5.11 Å². The van der Waals surface area contributed by atoms with Crippen LogP contribution in [0.25, 0.3) is 27.1 Å². The minimum atomic E-state index is -0.277. The molecule has 1 aliphatic rings. The lowest BCUT2D eigenvalue weighted by atomic mass is 9.90. The van der Waals surface area contributed by atoms with Crippen molar-refractivity contribution in [3.63, 3.8) is 0 Å². The summed E-state index contributed by atoms with van der Waals surface area (Å²) in [7, 11) is 0. The summed E-state index contributed by atoms with van der Waals surface area (Å²) < 4.78 is 0. The van der Waals surface area contributed by atoms with E-state index in [2.05, 4.69) is 0 Å². The van der Waals surface area contributed by atoms with Crippen LogP contribution in [0.15, 0.2) is 66.8 Å². The third-order valence-corrected chi connectivity index (χ3v) is 4.12. The molecule has 110 valence electrons.